The maximum absolute atomic E-state index is 14.0. The molecule has 126 valence electrons. The Hall–Kier alpha value is -1.61. The van der Waals surface area contributed by atoms with Crippen LogP contribution in [0.4, 0.5) is 4.39 Å². The molecule has 1 aromatic carbocycles. The molecule has 0 bridgehead atoms. The van der Waals surface area contributed by atoms with Crippen molar-refractivity contribution in [3.05, 3.63) is 36.4 Å². The normalized spacial score (nSPS) is 13.3. The molecule has 6 nitrogen and oxygen atoms in total. The Morgan fingerprint density at radius 1 is 1.35 bits per heavy atom. The SMILES string of the molecule is C[C@@H](CNCCCO)NS(=O)(=O)c1cccc2cncc(F)c12. The van der Waals surface area contributed by atoms with Crippen molar-refractivity contribution < 1.29 is 17.9 Å². The van der Waals surface area contributed by atoms with Gasteiger partial charge in [0.15, 0.2) is 5.82 Å². The number of aromatic nitrogens is 1. The van der Waals surface area contributed by atoms with Crippen molar-refractivity contribution in [2.45, 2.75) is 24.3 Å². The molecule has 2 aromatic rings. The lowest BCUT2D eigenvalue weighted by Gasteiger charge is -2.16. The van der Waals surface area contributed by atoms with E-state index in [-0.39, 0.29) is 22.9 Å². The number of aliphatic hydroxyl groups excluding tert-OH is 1. The quantitative estimate of drug-likeness (QED) is 0.624. The molecular weight excluding hydrogens is 321 g/mol. The highest BCUT2D eigenvalue weighted by molar-refractivity contribution is 7.89. The summed E-state index contributed by atoms with van der Waals surface area (Å²) in [7, 11) is -3.86. The van der Waals surface area contributed by atoms with Gasteiger partial charge in [-0.1, -0.05) is 12.1 Å². The van der Waals surface area contributed by atoms with Crippen LogP contribution >= 0.6 is 0 Å². The zero-order valence-electron chi connectivity index (χ0n) is 12.8. The predicted octanol–water partition coefficient (Wildman–Crippen LogP) is 1.01. The lowest BCUT2D eigenvalue weighted by molar-refractivity contribution is 0.285. The molecule has 0 aliphatic rings. The zero-order valence-corrected chi connectivity index (χ0v) is 13.6. The minimum atomic E-state index is -3.86. The highest BCUT2D eigenvalue weighted by Crippen LogP contribution is 2.24. The summed E-state index contributed by atoms with van der Waals surface area (Å²) >= 11 is 0. The Balaban J connectivity index is 2.20. The maximum Gasteiger partial charge on any atom is 0.241 e. The molecular formula is C15H20FN3O3S. The largest absolute Gasteiger partial charge is 0.396 e. The van der Waals surface area contributed by atoms with Gasteiger partial charge in [0, 0.05) is 36.2 Å². The number of sulfonamides is 1. The molecule has 3 N–H and O–H groups in total. The average Bonchev–Trinajstić information content (AvgIpc) is 2.51. The molecule has 0 spiro atoms. The van der Waals surface area contributed by atoms with E-state index in [1.165, 1.54) is 12.3 Å². The second kappa shape index (κ2) is 7.78. The van der Waals surface area contributed by atoms with Crippen molar-refractivity contribution in [3.8, 4) is 0 Å². The van der Waals surface area contributed by atoms with E-state index in [9.17, 15) is 12.8 Å². The number of hydrogen-bond acceptors (Lipinski definition) is 5. The summed E-state index contributed by atoms with van der Waals surface area (Å²) in [6.45, 7) is 2.80. The van der Waals surface area contributed by atoms with E-state index in [0.717, 1.165) is 6.20 Å². The molecule has 23 heavy (non-hydrogen) atoms. The first-order valence-corrected chi connectivity index (χ1v) is 8.80. The third-order valence-corrected chi connectivity index (χ3v) is 4.94. The molecule has 1 atom stereocenters. The summed E-state index contributed by atoms with van der Waals surface area (Å²) in [6, 6.07) is 4.17. The third kappa shape index (κ3) is 4.44. The van der Waals surface area contributed by atoms with Crippen LogP contribution in [0.5, 0.6) is 0 Å². The molecule has 8 heteroatoms. The van der Waals surface area contributed by atoms with Crippen molar-refractivity contribution in [1.82, 2.24) is 15.0 Å². The van der Waals surface area contributed by atoms with Crippen LogP contribution < -0.4 is 10.0 Å². The van der Waals surface area contributed by atoms with Crippen LogP contribution in [-0.4, -0.2) is 44.2 Å². The Morgan fingerprint density at radius 2 is 2.13 bits per heavy atom. The van der Waals surface area contributed by atoms with Crippen molar-refractivity contribution in [3.63, 3.8) is 0 Å². The van der Waals surface area contributed by atoms with Crippen molar-refractivity contribution >= 4 is 20.8 Å². The summed E-state index contributed by atoms with van der Waals surface area (Å²) in [6.07, 6.45) is 3.03. The lowest BCUT2D eigenvalue weighted by Crippen LogP contribution is -2.40. The molecule has 2 rings (SSSR count). The number of pyridine rings is 1. The first kappa shape index (κ1) is 17.7. The van der Waals surface area contributed by atoms with E-state index in [0.29, 0.717) is 24.9 Å². The van der Waals surface area contributed by atoms with E-state index >= 15 is 0 Å². The summed E-state index contributed by atoms with van der Waals surface area (Å²) in [5.41, 5.74) is 0. The van der Waals surface area contributed by atoms with E-state index in [1.807, 2.05) is 0 Å². The number of aliphatic hydroxyl groups is 1. The Bertz CT molecular complexity index is 762. The third-order valence-electron chi connectivity index (χ3n) is 3.31. The minimum Gasteiger partial charge on any atom is -0.396 e. The fourth-order valence-corrected chi connectivity index (χ4v) is 3.76. The molecule has 0 radical (unpaired) electrons. The monoisotopic (exact) mass is 341 g/mol. The fraction of sp³-hybridized carbons (Fsp3) is 0.400. The Morgan fingerprint density at radius 3 is 2.87 bits per heavy atom. The summed E-state index contributed by atoms with van der Waals surface area (Å²) < 4.78 is 41.6. The van der Waals surface area contributed by atoms with Gasteiger partial charge in [0.25, 0.3) is 0 Å². The van der Waals surface area contributed by atoms with E-state index in [2.05, 4.69) is 15.0 Å². The molecule has 1 heterocycles. The Kier molecular flexibility index (Phi) is 6.00. The summed E-state index contributed by atoms with van der Waals surface area (Å²) in [4.78, 5) is 3.63. The van der Waals surface area contributed by atoms with Gasteiger partial charge in [0.05, 0.1) is 11.1 Å². The molecule has 0 fully saturated rings. The van der Waals surface area contributed by atoms with Crippen molar-refractivity contribution in [1.29, 1.82) is 0 Å². The van der Waals surface area contributed by atoms with Crippen LogP contribution in [0.15, 0.2) is 35.5 Å². The minimum absolute atomic E-state index is 0.0374. The standard InChI is InChI=1S/C15H20FN3O3S/c1-11(8-17-6-3-7-20)19-23(21,22)14-5-2-4-12-9-18-10-13(16)15(12)14/h2,4-5,9-11,17,19-20H,3,6-8H2,1H3/t11-/m0/s1. The smallest absolute Gasteiger partial charge is 0.241 e. The predicted molar refractivity (Wildman–Crippen MR) is 86.1 cm³/mol. The summed E-state index contributed by atoms with van der Waals surface area (Å²) in [5, 5.41) is 12.2. The van der Waals surface area contributed by atoms with Crippen LogP contribution in [0.25, 0.3) is 10.8 Å². The highest BCUT2D eigenvalue weighted by atomic mass is 32.2. The van der Waals surface area contributed by atoms with Gasteiger partial charge in [-0.05, 0) is 26.0 Å². The molecule has 0 aliphatic carbocycles. The maximum atomic E-state index is 14.0. The molecule has 0 unspecified atom stereocenters. The lowest BCUT2D eigenvalue weighted by atomic mass is 10.2. The number of fused-ring (bicyclic) bond motifs is 1. The second-order valence-corrected chi connectivity index (χ2v) is 6.96. The number of halogens is 1. The Labute approximate surface area is 134 Å². The van der Waals surface area contributed by atoms with E-state index in [4.69, 9.17) is 5.11 Å². The van der Waals surface area contributed by atoms with Gasteiger partial charge in [0.1, 0.15) is 0 Å². The fourth-order valence-electron chi connectivity index (χ4n) is 2.28. The van der Waals surface area contributed by atoms with Crippen LogP contribution in [0, 0.1) is 5.82 Å². The van der Waals surface area contributed by atoms with Crippen molar-refractivity contribution in [2.24, 2.45) is 0 Å². The molecule has 0 aliphatic heterocycles. The second-order valence-electron chi connectivity index (χ2n) is 5.28. The molecule has 1 aromatic heterocycles. The first-order chi connectivity index (χ1) is 11.0. The number of rotatable bonds is 8. The van der Waals surface area contributed by atoms with Gasteiger partial charge in [-0.15, -0.1) is 0 Å². The van der Waals surface area contributed by atoms with Gasteiger partial charge >= 0.3 is 0 Å². The molecule has 0 saturated heterocycles. The number of benzene rings is 1. The first-order valence-electron chi connectivity index (χ1n) is 7.32. The van der Waals surface area contributed by atoms with Crippen LogP contribution in [0.3, 0.4) is 0 Å². The van der Waals surface area contributed by atoms with Gasteiger partial charge in [0.2, 0.25) is 10.0 Å². The van der Waals surface area contributed by atoms with Crippen LogP contribution in [0.1, 0.15) is 13.3 Å². The summed E-state index contributed by atoms with van der Waals surface area (Å²) in [5.74, 6) is -0.669. The van der Waals surface area contributed by atoms with Gasteiger partial charge in [-0.3, -0.25) is 4.98 Å². The molecule has 0 amide bonds. The van der Waals surface area contributed by atoms with Crippen molar-refractivity contribution in [2.75, 3.05) is 19.7 Å². The molecule has 0 saturated carbocycles. The van der Waals surface area contributed by atoms with E-state index in [1.54, 1.807) is 19.1 Å². The van der Waals surface area contributed by atoms with Crippen LogP contribution in [0.2, 0.25) is 0 Å². The van der Waals surface area contributed by atoms with Gasteiger partial charge in [-0.2, -0.15) is 0 Å². The zero-order chi connectivity index (χ0) is 16.9. The number of nitrogens with zero attached hydrogens (tertiary/aromatic N) is 1. The van der Waals surface area contributed by atoms with Gasteiger partial charge < -0.3 is 10.4 Å². The average molecular weight is 341 g/mol. The van der Waals surface area contributed by atoms with Gasteiger partial charge in [-0.25, -0.2) is 17.5 Å². The van der Waals surface area contributed by atoms with Crippen LogP contribution in [-0.2, 0) is 10.0 Å². The topological polar surface area (TPSA) is 91.3 Å². The van der Waals surface area contributed by atoms with E-state index < -0.39 is 15.8 Å². The highest BCUT2D eigenvalue weighted by Gasteiger charge is 2.21. The number of nitrogens with one attached hydrogen (secondary N) is 2. The number of hydrogen-bond donors (Lipinski definition) is 3.